The molecule has 1 N–H and O–H groups in total. The van der Waals surface area contributed by atoms with E-state index in [1.54, 1.807) is 4.90 Å². The molecule has 0 radical (unpaired) electrons. The number of benzene rings is 1. The normalized spacial score (nSPS) is 15.7. The van der Waals surface area contributed by atoms with E-state index >= 15 is 0 Å². The first-order valence-electron chi connectivity index (χ1n) is 7.59. The number of carbonyl (C=O) groups is 2. The Labute approximate surface area is 126 Å². The van der Waals surface area contributed by atoms with E-state index < -0.39 is 11.8 Å². The lowest BCUT2D eigenvalue weighted by Crippen LogP contribution is -2.42. The van der Waals surface area contributed by atoms with Crippen molar-refractivity contribution >= 4 is 17.5 Å². The second kappa shape index (κ2) is 6.29. The van der Waals surface area contributed by atoms with Gasteiger partial charge in [0.1, 0.15) is 0 Å². The number of piperidine rings is 1. The standard InChI is InChI=1S/C17H24N2O2/c1-17(2,3)13-7-9-14(10-8-13)18-15(20)16(21)19-11-5-4-6-12-19/h7-10H,4-6,11-12H2,1-3H3,(H,18,20). The molecule has 4 nitrogen and oxygen atoms in total. The monoisotopic (exact) mass is 288 g/mol. The zero-order valence-electron chi connectivity index (χ0n) is 13.1. The van der Waals surface area contributed by atoms with Gasteiger partial charge in [0.2, 0.25) is 0 Å². The van der Waals surface area contributed by atoms with Gasteiger partial charge in [0, 0.05) is 18.8 Å². The molecule has 1 aromatic carbocycles. The smallest absolute Gasteiger partial charge is 0.313 e. The van der Waals surface area contributed by atoms with Gasteiger partial charge >= 0.3 is 11.8 Å². The van der Waals surface area contributed by atoms with Crippen LogP contribution in [0.5, 0.6) is 0 Å². The number of likely N-dealkylation sites (tertiary alicyclic amines) is 1. The fourth-order valence-electron chi connectivity index (χ4n) is 2.48. The van der Waals surface area contributed by atoms with E-state index in [2.05, 4.69) is 26.1 Å². The third-order valence-corrected chi connectivity index (χ3v) is 3.85. The van der Waals surface area contributed by atoms with Crippen molar-refractivity contribution in [3.05, 3.63) is 29.8 Å². The molecule has 1 aliphatic rings. The van der Waals surface area contributed by atoms with Gasteiger partial charge in [-0.25, -0.2) is 0 Å². The molecule has 0 unspecified atom stereocenters. The molecule has 1 saturated heterocycles. The minimum atomic E-state index is -0.541. The minimum Gasteiger partial charge on any atom is -0.334 e. The molecule has 2 amide bonds. The van der Waals surface area contributed by atoms with Crippen LogP contribution in [0.4, 0.5) is 5.69 Å². The minimum absolute atomic E-state index is 0.0756. The van der Waals surface area contributed by atoms with Crippen molar-refractivity contribution in [3.8, 4) is 0 Å². The molecule has 1 fully saturated rings. The van der Waals surface area contributed by atoms with E-state index in [4.69, 9.17) is 0 Å². The van der Waals surface area contributed by atoms with E-state index in [1.165, 1.54) is 5.56 Å². The molecule has 0 atom stereocenters. The number of rotatable bonds is 1. The molecular formula is C17H24N2O2. The maximum atomic E-state index is 12.0. The molecule has 4 heteroatoms. The molecule has 0 aliphatic carbocycles. The summed E-state index contributed by atoms with van der Waals surface area (Å²) < 4.78 is 0. The van der Waals surface area contributed by atoms with E-state index in [1.807, 2.05) is 24.3 Å². The van der Waals surface area contributed by atoms with Crippen LogP contribution in [-0.2, 0) is 15.0 Å². The lowest BCUT2D eigenvalue weighted by atomic mass is 9.87. The maximum absolute atomic E-state index is 12.0. The summed E-state index contributed by atoms with van der Waals surface area (Å²) in [7, 11) is 0. The Balaban J connectivity index is 1.97. The van der Waals surface area contributed by atoms with Crippen molar-refractivity contribution in [2.24, 2.45) is 0 Å². The van der Waals surface area contributed by atoms with Crippen molar-refractivity contribution in [1.29, 1.82) is 0 Å². The lowest BCUT2D eigenvalue weighted by Gasteiger charge is -2.26. The number of hydrogen-bond acceptors (Lipinski definition) is 2. The average Bonchev–Trinajstić information content (AvgIpc) is 2.47. The Bertz CT molecular complexity index is 509. The molecular weight excluding hydrogens is 264 g/mol. The number of amides is 2. The first kappa shape index (κ1) is 15.5. The first-order chi connectivity index (χ1) is 9.88. The van der Waals surface area contributed by atoms with Gasteiger partial charge in [0.15, 0.2) is 0 Å². The summed E-state index contributed by atoms with van der Waals surface area (Å²) in [6.07, 6.45) is 3.11. The van der Waals surface area contributed by atoms with E-state index in [0.29, 0.717) is 18.8 Å². The highest BCUT2D eigenvalue weighted by Gasteiger charge is 2.23. The molecule has 0 bridgehead atoms. The molecule has 1 aromatic rings. The Morgan fingerprint density at radius 1 is 1.00 bits per heavy atom. The molecule has 0 spiro atoms. The van der Waals surface area contributed by atoms with Crippen LogP contribution >= 0.6 is 0 Å². The summed E-state index contributed by atoms with van der Waals surface area (Å²) in [5, 5.41) is 2.69. The Morgan fingerprint density at radius 2 is 1.57 bits per heavy atom. The zero-order valence-corrected chi connectivity index (χ0v) is 13.1. The van der Waals surface area contributed by atoms with Crippen LogP contribution in [0.25, 0.3) is 0 Å². The topological polar surface area (TPSA) is 49.4 Å². The third-order valence-electron chi connectivity index (χ3n) is 3.85. The van der Waals surface area contributed by atoms with Crippen LogP contribution in [0.3, 0.4) is 0 Å². The van der Waals surface area contributed by atoms with Gasteiger partial charge in [-0.3, -0.25) is 9.59 Å². The predicted octanol–water partition coefficient (Wildman–Crippen LogP) is 2.94. The molecule has 114 valence electrons. The van der Waals surface area contributed by atoms with Crippen LogP contribution in [0.2, 0.25) is 0 Å². The van der Waals surface area contributed by atoms with Crippen LogP contribution in [0, 0.1) is 0 Å². The summed E-state index contributed by atoms with van der Waals surface area (Å²) in [5.74, 6) is -0.963. The fraction of sp³-hybridized carbons (Fsp3) is 0.529. The number of hydrogen-bond donors (Lipinski definition) is 1. The van der Waals surface area contributed by atoms with E-state index in [-0.39, 0.29) is 5.41 Å². The highest BCUT2D eigenvalue weighted by Crippen LogP contribution is 2.23. The van der Waals surface area contributed by atoms with Crippen LogP contribution in [0.1, 0.15) is 45.6 Å². The number of nitrogens with zero attached hydrogens (tertiary/aromatic N) is 1. The van der Waals surface area contributed by atoms with Gasteiger partial charge in [-0.05, 0) is 42.4 Å². The largest absolute Gasteiger partial charge is 0.334 e. The summed E-state index contributed by atoms with van der Waals surface area (Å²) in [6.45, 7) is 7.80. The maximum Gasteiger partial charge on any atom is 0.313 e. The second-order valence-corrected chi connectivity index (χ2v) is 6.63. The fourth-order valence-corrected chi connectivity index (χ4v) is 2.48. The molecule has 21 heavy (non-hydrogen) atoms. The van der Waals surface area contributed by atoms with Gasteiger partial charge < -0.3 is 10.2 Å². The number of nitrogens with one attached hydrogen (secondary N) is 1. The van der Waals surface area contributed by atoms with Gasteiger partial charge in [-0.1, -0.05) is 32.9 Å². The van der Waals surface area contributed by atoms with Crippen molar-refractivity contribution in [2.75, 3.05) is 18.4 Å². The lowest BCUT2D eigenvalue weighted by molar-refractivity contribution is -0.143. The van der Waals surface area contributed by atoms with E-state index in [9.17, 15) is 9.59 Å². The van der Waals surface area contributed by atoms with Crippen molar-refractivity contribution in [1.82, 2.24) is 4.90 Å². The predicted molar refractivity (Wildman–Crippen MR) is 84.2 cm³/mol. The molecule has 1 heterocycles. The molecule has 0 saturated carbocycles. The van der Waals surface area contributed by atoms with Crippen LogP contribution in [0.15, 0.2) is 24.3 Å². The molecule has 2 rings (SSSR count). The second-order valence-electron chi connectivity index (χ2n) is 6.63. The highest BCUT2D eigenvalue weighted by molar-refractivity contribution is 6.39. The number of anilines is 1. The number of carbonyl (C=O) groups excluding carboxylic acids is 2. The van der Waals surface area contributed by atoms with Crippen LogP contribution in [-0.4, -0.2) is 29.8 Å². The SMILES string of the molecule is CC(C)(C)c1ccc(NC(=O)C(=O)N2CCCCC2)cc1. The van der Waals surface area contributed by atoms with E-state index in [0.717, 1.165) is 19.3 Å². The Morgan fingerprint density at radius 3 is 2.10 bits per heavy atom. The summed E-state index contributed by atoms with van der Waals surface area (Å²) in [6, 6.07) is 7.67. The average molecular weight is 288 g/mol. The quantitative estimate of drug-likeness (QED) is 0.808. The van der Waals surface area contributed by atoms with Crippen molar-refractivity contribution in [2.45, 2.75) is 45.4 Å². The molecule has 0 aromatic heterocycles. The first-order valence-corrected chi connectivity index (χ1v) is 7.59. The zero-order chi connectivity index (χ0) is 15.5. The van der Waals surface area contributed by atoms with Gasteiger partial charge in [0.25, 0.3) is 0 Å². The summed E-state index contributed by atoms with van der Waals surface area (Å²) >= 11 is 0. The van der Waals surface area contributed by atoms with Crippen molar-refractivity contribution in [3.63, 3.8) is 0 Å². The van der Waals surface area contributed by atoms with Gasteiger partial charge in [-0.2, -0.15) is 0 Å². The highest BCUT2D eigenvalue weighted by atomic mass is 16.2. The van der Waals surface area contributed by atoms with Crippen molar-refractivity contribution < 1.29 is 9.59 Å². The van der Waals surface area contributed by atoms with Crippen LogP contribution < -0.4 is 5.32 Å². The van der Waals surface area contributed by atoms with Gasteiger partial charge in [0.05, 0.1) is 0 Å². The Kier molecular flexibility index (Phi) is 4.66. The summed E-state index contributed by atoms with van der Waals surface area (Å²) in [5.41, 5.74) is 1.94. The van der Waals surface area contributed by atoms with Gasteiger partial charge in [-0.15, -0.1) is 0 Å². The Hall–Kier alpha value is -1.84. The third kappa shape index (κ3) is 4.06. The molecule has 1 aliphatic heterocycles. The summed E-state index contributed by atoms with van der Waals surface area (Å²) in [4.78, 5) is 25.7.